The lowest BCUT2D eigenvalue weighted by Crippen LogP contribution is -2.62. The maximum absolute atomic E-state index is 13.7. The fourth-order valence-corrected chi connectivity index (χ4v) is 5.61. The highest BCUT2D eigenvalue weighted by molar-refractivity contribution is 7.88. The fourth-order valence-electron chi connectivity index (χ4n) is 4.67. The van der Waals surface area contributed by atoms with Crippen LogP contribution in [-0.2, 0) is 42.1 Å². The molecule has 0 fully saturated rings. The second kappa shape index (κ2) is 17.0. The molecule has 2 rings (SSSR count). The molecule has 45 heavy (non-hydrogen) atoms. The molecule has 13 nitrogen and oxygen atoms in total. The molecule has 0 aliphatic heterocycles. The molecule has 1 unspecified atom stereocenters. The lowest BCUT2D eigenvalue weighted by molar-refractivity contribution is -0.132. The molecule has 14 heteroatoms. The van der Waals surface area contributed by atoms with Gasteiger partial charge in [-0.1, -0.05) is 76.1 Å². The summed E-state index contributed by atoms with van der Waals surface area (Å²) in [6, 6.07) is 10.4. The lowest BCUT2D eigenvalue weighted by atomic mass is 9.92. The Morgan fingerprint density at radius 3 is 2.16 bits per heavy atom. The molecule has 2 aromatic carbocycles. The number of phenolic OH excluding ortho intramolecular Hbond substituents is 1. The summed E-state index contributed by atoms with van der Waals surface area (Å²) in [5, 5.41) is 14.7. The summed E-state index contributed by atoms with van der Waals surface area (Å²) in [5.41, 5.74) is 9.31. The van der Waals surface area contributed by atoms with Gasteiger partial charge in [0.25, 0.3) is 10.1 Å². The molecule has 0 aromatic heterocycles. The number of nitrogens with two attached hydrogens (primary N) is 2. The van der Waals surface area contributed by atoms with Crippen LogP contribution in [0.15, 0.2) is 54.6 Å². The number of benzene rings is 2. The van der Waals surface area contributed by atoms with Crippen molar-refractivity contribution in [2.45, 2.75) is 82.3 Å². The molecule has 248 valence electrons. The van der Waals surface area contributed by atoms with Crippen molar-refractivity contribution in [3.05, 3.63) is 65.7 Å². The average Bonchev–Trinajstić information content (AvgIpc) is 3.02. The molecule has 4 atom stereocenters. The van der Waals surface area contributed by atoms with Crippen LogP contribution in [0.4, 0.5) is 0 Å². The van der Waals surface area contributed by atoms with Gasteiger partial charge < -0.3 is 32.5 Å². The third-order valence-corrected chi connectivity index (χ3v) is 8.34. The van der Waals surface area contributed by atoms with Gasteiger partial charge in [0.05, 0.1) is 18.6 Å². The van der Waals surface area contributed by atoms with Crippen LogP contribution in [0.1, 0.15) is 57.6 Å². The third kappa shape index (κ3) is 11.5. The summed E-state index contributed by atoms with van der Waals surface area (Å²) in [5.74, 6) is -4.16. The first-order valence-corrected chi connectivity index (χ1v) is 16.2. The molecule has 0 saturated carbocycles. The van der Waals surface area contributed by atoms with Gasteiger partial charge in [0, 0.05) is 0 Å². The van der Waals surface area contributed by atoms with Gasteiger partial charge in [-0.05, 0) is 54.9 Å². The summed E-state index contributed by atoms with van der Waals surface area (Å²) < 4.78 is 50.8. The number of hydrogen-bond donors (Lipinski definition) is 7. The number of amides is 3. The van der Waals surface area contributed by atoms with E-state index < -0.39 is 75.5 Å². The van der Waals surface area contributed by atoms with Crippen LogP contribution in [-0.4, -0.2) is 71.1 Å². The SMILES string of the molecule is [2H]N[C@@H](Cc1ccc(O)cc1)C(=O)N[C@@H](CCCC)C(=O)NCC(=O)N([2H])[C@@H](Cc1ccccc1)C(=O)C(N)(CC(C)C)S(=O)(=O)O. The molecule has 0 saturated heterocycles. The first kappa shape index (κ1) is 34.0. The Morgan fingerprint density at radius 1 is 0.978 bits per heavy atom. The topological polar surface area (TPSA) is 231 Å². The smallest absolute Gasteiger partial charge is 0.291 e. The number of nitrogens with one attached hydrogen (secondary N) is 3. The van der Waals surface area contributed by atoms with Gasteiger partial charge in [-0.25, -0.2) is 0 Å². The maximum atomic E-state index is 13.7. The van der Waals surface area contributed by atoms with Crippen molar-refractivity contribution in [1.29, 1.82) is 0 Å². The Bertz CT molecular complexity index is 1460. The minimum absolute atomic E-state index is 0.0396. The van der Waals surface area contributed by atoms with Gasteiger partial charge >= 0.3 is 0 Å². The van der Waals surface area contributed by atoms with Gasteiger partial charge in [0.15, 0.2) is 7.20 Å². The van der Waals surface area contributed by atoms with E-state index in [1.54, 1.807) is 56.3 Å². The normalized spacial score (nSPS) is 15.5. The number of ketones is 1. The van der Waals surface area contributed by atoms with Crippen LogP contribution in [0.25, 0.3) is 0 Å². The van der Waals surface area contributed by atoms with E-state index in [2.05, 4.69) is 16.4 Å². The Hall–Kier alpha value is -3.85. The Morgan fingerprint density at radius 2 is 1.60 bits per heavy atom. The number of unbranched alkanes of at least 4 members (excludes halogenated alkanes) is 1. The highest BCUT2D eigenvalue weighted by Crippen LogP contribution is 2.24. The lowest BCUT2D eigenvalue weighted by Gasteiger charge is -2.31. The van der Waals surface area contributed by atoms with E-state index in [0.29, 0.717) is 24.0 Å². The molecule has 3 amide bonds. The third-order valence-electron chi connectivity index (χ3n) is 7.05. The zero-order valence-corrected chi connectivity index (χ0v) is 26.5. The zero-order chi connectivity index (χ0) is 35.4. The minimum atomic E-state index is -5.18. The van der Waals surface area contributed by atoms with Crippen molar-refractivity contribution in [2.24, 2.45) is 17.4 Å². The monoisotopic (exact) mass is 649 g/mol. The van der Waals surface area contributed by atoms with E-state index in [-0.39, 0.29) is 30.3 Å². The van der Waals surface area contributed by atoms with Crippen molar-refractivity contribution >= 4 is 33.6 Å². The van der Waals surface area contributed by atoms with Gasteiger partial charge in [-0.2, -0.15) is 8.42 Å². The highest BCUT2D eigenvalue weighted by atomic mass is 32.2. The Labute approximate surface area is 267 Å². The molecule has 0 heterocycles. The molecule has 0 aliphatic rings. The number of carbonyl (C=O) groups excluding carboxylic acids is 4. The Kier molecular flexibility index (Phi) is 12.9. The first-order valence-electron chi connectivity index (χ1n) is 15.7. The standard InChI is InChI=1S/C31H45N5O8S/c1-4-5-11-25(36-29(40)24(32)16-22-12-14-23(37)15-13-22)30(41)34-19-27(38)35-26(17-21-9-7-6-8-10-21)28(39)31(33,18-20(2)3)45(42,43)44/h6-10,12-15,20,24-26,37H,4-5,11,16-19,32-33H2,1-3H3,(H,34,41)(H,35,38)(H,36,40)(H,42,43,44)/t24-,25-,26-,31?/m0/s1/i/hD2. The minimum Gasteiger partial charge on any atom is -0.508 e. The van der Waals surface area contributed by atoms with Crippen molar-refractivity contribution in [2.75, 3.05) is 6.54 Å². The molecule has 0 bridgehead atoms. The van der Waals surface area contributed by atoms with Crippen molar-refractivity contribution in [3.8, 4) is 5.75 Å². The van der Waals surface area contributed by atoms with Crippen molar-refractivity contribution in [1.82, 2.24) is 15.9 Å². The summed E-state index contributed by atoms with van der Waals surface area (Å²) in [4.78, 5) is 50.3. The second-order valence-electron chi connectivity index (χ2n) is 11.4. The molecular formula is C31H45N5O8S. The quantitative estimate of drug-likeness (QED) is 0.106. The van der Waals surface area contributed by atoms with Crippen LogP contribution in [0, 0.1) is 5.92 Å². The molecular weight excluding hydrogens is 602 g/mol. The van der Waals surface area contributed by atoms with E-state index in [1.165, 1.54) is 12.1 Å². The van der Waals surface area contributed by atoms with Crippen LogP contribution < -0.4 is 27.4 Å². The molecule has 2 aromatic rings. The second-order valence-corrected chi connectivity index (χ2v) is 13.1. The van der Waals surface area contributed by atoms with Gasteiger partial charge in [0.2, 0.25) is 22.6 Å². The van der Waals surface area contributed by atoms with Crippen molar-refractivity contribution in [3.63, 3.8) is 0 Å². The average molecular weight is 650 g/mol. The fraction of sp³-hybridized carbons (Fsp3) is 0.484. The van der Waals surface area contributed by atoms with Gasteiger partial charge in [-0.3, -0.25) is 23.7 Å². The van der Waals surface area contributed by atoms with E-state index in [4.69, 9.17) is 8.56 Å². The molecule has 0 aliphatic carbocycles. The molecule has 0 spiro atoms. The molecule has 9 N–H and O–H groups in total. The Balaban J connectivity index is 2.23. The highest BCUT2D eigenvalue weighted by Gasteiger charge is 2.49. The summed E-state index contributed by atoms with van der Waals surface area (Å²) in [6.07, 6.45) is 0.725. The summed E-state index contributed by atoms with van der Waals surface area (Å²) in [7, 11) is -5.18. The largest absolute Gasteiger partial charge is 0.508 e. The predicted molar refractivity (Wildman–Crippen MR) is 169 cm³/mol. The zero-order valence-electron chi connectivity index (χ0n) is 27.7. The van der Waals surface area contributed by atoms with E-state index in [0.717, 1.165) is 0 Å². The number of carbonyl (C=O) groups is 4. The summed E-state index contributed by atoms with van der Waals surface area (Å²) >= 11 is 0. The van der Waals surface area contributed by atoms with Crippen LogP contribution in [0.3, 0.4) is 0 Å². The number of rotatable bonds is 19. The first-order chi connectivity index (χ1) is 22.0. The van der Waals surface area contributed by atoms with Gasteiger partial charge in [-0.15, -0.1) is 0 Å². The van der Waals surface area contributed by atoms with Crippen molar-refractivity contribution < 1.29 is 40.1 Å². The number of aromatic hydroxyl groups is 1. The predicted octanol–water partition coefficient (Wildman–Crippen LogP) is 0.939. The van der Waals surface area contributed by atoms with Crippen LogP contribution >= 0.6 is 0 Å². The maximum Gasteiger partial charge on any atom is 0.291 e. The van der Waals surface area contributed by atoms with E-state index in [1.807, 2.05) is 6.92 Å². The number of Topliss-reactive ketones (excluding diaryl/α,β-unsaturated/α-hetero) is 1. The van der Waals surface area contributed by atoms with E-state index >= 15 is 0 Å². The van der Waals surface area contributed by atoms with Crippen LogP contribution in [0.5, 0.6) is 5.75 Å². The molecule has 0 radical (unpaired) electrons. The van der Waals surface area contributed by atoms with Gasteiger partial charge in [0.1, 0.15) is 13.2 Å². The summed E-state index contributed by atoms with van der Waals surface area (Å²) in [6.45, 7) is 4.29. The van der Waals surface area contributed by atoms with E-state index in [9.17, 15) is 37.3 Å². The number of phenols is 1. The number of hydrogen-bond acceptors (Lipinski definition) is 9. The van der Waals surface area contributed by atoms with Crippen LogP contribution in [0.2, 0.25) is 2.82 Å².